The summed E-state index contributed by atoms with van der Waals surface area (Å²) in [6, 6.07) is 2.05. The van der Waals surface area contributed by atoms with Gasteiger partial charge in [-0.15, -0.1) is 0 Å². The number of ether oxygens (including phenoxy) is 2. The van der Waals surface area contributed by atoms with E-state index in [4.69, 9.17) is 13.9 Å². The van der Waals surface area contributed by atoms with Gasteiger partial charge < -0.3 is 0 Å². The molecule has 4 heteroatoms. The number of unbranched alkanes of at least 4 members (excludes halogenated alkanes) is 3. The number of allylic oxidation sites excluding steroid dienone is 1. The Balaban J connectivity index is 2.28. The number of hydrogen-bond donors (Lipinski definition) is 0. The Morgan fingerprint density at radius 1 is 1.10 bits per heavy atom. The van der Waals surface area contributed by atoms with E-state index in [9.17, 15) is 0 Å². The molecule has 166 valence electrons. The first-order valence-corrected chi connectivity index (χ1v) is 19.6. The van der Waals surface area contributed by atoms with Crippen LogP contribution < -0.4 is 0 Å². The van der Waals surface area contributed by atoms with E-state index in [0.717, 1.165) is 25.0 Å². The van der Waals surface area contributed by atoms with Crippen molar-refractivity contribution >= 4 is 18.4 Å². The molecule has 1 aromatic heterocycles. The SMILES string of the molecule is CCC[CH2][Sn]([CH2]CCC)([CH2]CCC)/[C](C)=C/C(OC1CCCCO1)c1ccoc1. The van der Waals surface area contributed by atoms with Crippen LogP contribution in [0.3, 0.4) is 0 Å². The molecule has 0 amide bonds. The molecule has 0 N–H and O–H groups in total. The average Bonchev–Trinajstić information content (AvgIpc) is 3.28. The maximum absolute atomic E-state index is 6.49. The van der Waals surface area contributed by atoms with E-state index >= 15 is 0 Å². The summed E-state index contributed by atoms with van der Waals surface area (Å²) >= 11 is -2.41. The van der Waals surface area contributed by atoms with Crippen molar-refractivity contribution in [3.05, 3.63) is 33.8 Å². The summed E-state index contributed by atoms with van der Waals surface area (Å²) in [5, 5.41) is 0. The van der Waals surface area contributed by atoms with E-state index in [0.29, 0.717) is 0 Å². The maximum atomic E-state index is 6.49. The molecule has 1 fully saturated rings. The van der Waals surface area contributed by atoms with Crippen molar-refractivity contribution in [1.82, 2.24) is 0 Å². The van der Waals surface area contributed by atoms with Gasteiger partial charge in [-0.05, 0) is 0 Å². The summed E-state index contributed by atoms with van der Waals surface area (Å²) in [5.74, 6) is 0. The first-order valence-electron chi connectivity index (χ1n) is 12.1. The van der Waals surface area contributed by atoms with Crippen molar-refractivity contribution in [2.45, 2.75) is 111 Å². The fourth-order valence-corrected chi connectivity index (χ4v) is 20.3. The Morgan fingerprint density at radius 3 is 2.24 bits per heavy atom. The number of rotatable bonds is 14. The molecule has 1 saturated heterocycles. The first kappa shape index (κ1) is 25.0. The third-order valence-electron chi connectivity index (χ3n) is 6.57. The fraction of sp³-hybridized carbons (Fsp3) is 0.760. The molecule has 2 atom stereocenters. The average molecular weight is 511 g/mol. The van der Waals surface area contributed by atoms with Gasteiger partial charge in [0.2, 0.25) is 0 Å². The van der Waals surface area contributed by atoms with E-state index in [2.05, 4.69) is 39.8 Å². The monoisotopic (exact) mass is 512 g/mol. The zero-order valence-electron chi connectivity index (χ0n) is 19.4. The van der Waals surface area contributed by atoms with Crippen LogP contribution in [0.25, 0.3) is 0 Å². The molecule has 2 unspecified atom stereocenters. The van der Waals surface area contributed by atoms with Crippen LogP contribution >= 0.6 is 0 Å². The van der Waals surface area contributed by atoms with Crippen LogP contribution in [0, 0.1) is 0 Å². The van der Waals surface area contributed by atoms with Crippen molar-refractivity contribution in [3.8, 4) is 0 Å². The summed E-state index contributed by atoms with van der Waals surface area (Å²) in [4.78, 5) is 0. The molecule has 1 aliphatic heterocycles. The zero-order chi connectivity index (χ0) is 21.0. The molecule has 0 radical (unpaired) electrons. The molecule has 0 bridgehead atoms. The molecule has 1 aliphatic rings. The van der Waals surface area contributed by atoms with Crippen molar-refractivity contribution in [2.75, 3.05) is 6.61 Å². The minimum atomic E-state index is -2.41. The predicted octanol–water partition coefficient (Wildman–Crippen LogP) is 8.20. The molecular formula is C25H44O3Sn. The summed E-state index contributed by atoms with van der Waals surface area (Å²) in [6.07, 6.45) is 17.4. The van der Waals surface area contributed by atoms with Crippen molar-refractivity contribution in [3.63, 3.8) is 0 Å². The standard InChI is InChI=1S/C13H17O3.3C4H9.Sn/c1-2-5-12(11-7-9-14-10-11)16-13-6-3-4-8-15-13;3*1-3-4-2;/h5,7,9-10,12-13H,3-4,6,8H2,1H3;3*1,3-4H2,2H3;. The van der Waals surface area contributed by atoms with Crippen LogP contribution in [0.2, 0.25) is 13.3 Å². The van der Waals surface area contributed by atoms with Gasteiger partial charge in [-0.3, -0.25) is 0 Å². The van der Waals surface area contributed by atoms with Crippen molar-refractivity contribution < 1.29 is 13.9 Å². The molecule has 3 nitrogen and oxygen atoms in total. The zero-order valence-corrected chi connectivity index (χ0v) is 22.2. The molecule has 2 heterocycles. The van der Waals surface area contributed by atoms with Gasteiger partial charge >= 0.3 is 184 Å². The molecule has 0 aliphatic carbocycles. The Kier molecular flexibility index (Phi) is 12.0. The van der Waals surface area contributed by atoms with Gasteiger partial charge in [0, 0.05) is 0 Å². The van der Waals surface area contributed by atoms with Gasteiger partial charge in [-0.25, -0.2) is 0 Å². The number of furan rings is 1. The third kappa shape index (κ3) is 8.06. The Bertz CT molecular complexity index is 539. The van der Waals surface area contributed by atoms with E-state index < -0.39 is 18.4 Å². The van der Waals surface area contributed by atoms with E-state index in [1.165, 1.54) is 58.3 Å². The van der Waals surface area contributed by atoms with Crippen LogP contribution in [-0.4, -0.2) is 31.3 Å². The molecule has 1 aromatic rings. The van der Waals surface area contributed by atoms with E-state index in [1.807, 2.05) is 6.26 Å². The van der Waals surface area contributed by atoms with Crippen molar-refractivity contribution in [2.24, 2.45) is 0 Å². The predicted molar refractivity (Wildman–Crippen MR) is 125 cm³/mol. The van der Waals surface area contributed by atoms with Gasteiger partial charge in [-0.2, -0.15) is 0 Å². The van der Waals surface area contributed by atoms with Crippen LogP contribution in [-0.2, 0) is 9.47 Å². The van der Waals surface area contributed by atoms with Crippen LogP contribution in [0.1, 0.15) is 97.1 Å². The Labute approximate surface area is 183 Å². The normalized spacial score (nSPS) is 19.4. The molecule has 2 rings (SSSR count). The van der Waals surface area contributed by atoms with Crippen LogP contribution in [0.4, 0.5) is 0 Å². The summed E-state index contributed by atoms with van der Waals surface area (Å²) in [6.45, 7) is 10.3. The molecule has 29 heavy (non-hydrogen) atoms. The summed E-state index contributed by atoms with van der Waals surface area (Å²) in [5.41, 5.74) is 1.13. The Morgan fingerprint density at radius 2 is 1.76 bits per heavy atom. The van der Waals surface area contributed by atoms with E-state index in [-0.39, 0.29) is 12.4 Å². The van der Waals surface area contributed by atoms with Gasteiger partial charge in [0.05, 0.1) is 0 Å². The van der Waals surface area contributed by atoms with Gasteiger partial charge in [0.15, 0.2) is 0 Å². The quantitative estimate of drug-likeness (QED) is 0.236. The van der Waals surface area contributed by atoms with Gasteiger partial charge in [0.1, 0.15) is 0 Å². The topological polar surface area (TPSA) is 31.6 Å². The van der Waals surface area contributed by atoms with Gasteiger partial charge in [-0.1, -0.05) is 0 Å². The van der Waals surface area contributed by atoms with E-state index in [1.54, 1.807) is 9.85 Å². The summed E-state index contributed by atoms with van der Waals surface area (Å²) in [7, 11) is 0. The molecule has 0 spiro atoms. The minimum absolute atomic E-state index is 0.0437. The number of hydrogen-bond acceptors (Lipinski definition) is 3. The van der Waals surface area contributed by atoms with Crippen LogP contribution in [0.5, 0.6) is 0 Å². The second-order valence-electron chi connectivity index (χ2n) is 8.85. The Hall–Kier alpha value is -0.261. The first-order chi connectivity index (χ1) is 14.1. The van der Waals surface area contributed by atoms with Crippen molar-refractivity contribution in [1.29, 1.82) is 0 Å². The molecule has 0 saturated carbocycles. The second-order valence-corrected chi connectivity index (χ2v) is 22.7. The molecular weight excluding hydrogens is 467 g/mol. The summed E-state index contributed by atoms with van der Waals surface area (Å²) < 4.78 is 24.0. The fourth-order valence-electron chi connectivity index (χ4n) is 4.55. The van der Waals surface area contributed by atoms with Crippen LogP contribution in [0.15, 0.2) is 32.7 Å². The second kappa shape index (κ2) is 13.9. The molecule has 0 aromatic carbocycles. The van der Waals surface area contributed by atoms with Gasteiger partial charge in [0.25, 0.3) is 0 Å². The third-order valence-corrected chi connectivity index (χ3v) is 23.0.